The highest BCUT2D eigenvalue weighted by Crippen LogP contribution is 2.27. The van der Waals surface area contributed by atoms with Gasteiger partial charge in [-0.25, -0.2) is 4.98 Å². The normalized spacial score (nSPS) is 10.8. The Kier molecular flexibility index (Phi) is 6.85. The summed E-state index contributed by atoms with van der Waals surface area (Å²) >= 11 is 0. The van der Waals surface area contributed by atoms with E-state index in [-0.39, 0.29) is 18.4 Å². The Bertz CT molecular complexity index is 1350. The molecule has 0 saturated carbocycles. The van der Waals surface area contributed by atoms with Crippen LogP contribution < -0.4 is 15.4 Å². The number of pyridine rings is 1. The summed E-state index contributed by atoms with van der Waals surface area (Å²) in [6.07, 6.45) is 1.58. The molecule has 2 N–H and O–H groups in total. The number of nitrogens with one attached hydrogen (secondary N) is 2. The molecule has 0 atom stereocenters. The predicted octanol–water partition coefficient (Wildman–Crippen LogP) is 5.09. The molecule has 0 unspecified atom stereocenters. The van der Waals surface area contributed by atoms with Gasteiger partial charge in [-0.2, -0.15) is 0 Å². The Balaban J connectivity index is 1.50. The molecule has 0 bridgehead atoms. The number of nitrogens with zero attached hydrogens (tertiary/aromatic N) is 2. The van der Waals surface area contributed by atoms with E-state index in [0.29, 0.717) is 22.9 Å². The van der Waals surface area contributed by atoms with E-state index in [1.807, 2.05) is 75.6 Å². The fourth-order valence-corrected chi connectivity index (χ4v) is 3.50. The third kappa shape index (κ3) is 5.96. The standard InChI is InChI=1S/C27H26N4O3/c1-18-5-4-6-22(13-18)29-27(33)20-8-7-19-9-10-23(15-21(19)14-20)34-24-11-12-28-25(16-24)30-26(32)17-31(2)3/h4-16H,17H2,1-3H3,(H,29,33)(H,28,30,32). The molecule has 7 nitrogen and oxygen atoms in total. The molecule has 1 heterocycles. The minimum Gasteiger partial charge on any atom is -0.457 e. The second-order valence-corrected chi connectivity index (χ2v) is 8.31. The van der Waals surface area contributed by atoms with E-state index in [0.717, 1.165) is 22.0 Å². The van der Waals surface area contributed by atoms with Gasteiger partial charge in [0.2, 0.25) is 5.91 Å². The van der Waals surface area contributed by atoms with Gasteiger partial charge in [-0.1, -0.05) is 24.3 Å². The van der Waals surface area contributed by atoms with Gasteiger partial charge in [0.15, 0.2) is 0 Å². The maximum Gasteiger partial charge on any atom is 0.255 e. The van der Waals surface area contributed by atoms with Gasteiger partial charge in [0.1, 0.15) is 17.3 Å². The molecule has 34 heavy (non-hydrogen) atoms. The lowest BCUT2D eigenvalue weighted by molar-refractivity contribution is -0.116. The van der Waals surface area contributed by atoms with Gasteiger partial charge in [0.05, 0.1) is 6.54 Å². The van der Waals surface area contributed by atoms with E-state index < -0.39 is 0 Å². The number of amides is 2. The summed E-state index contributed by atoms with van der Waals surface area (Å²) in [4.78, 5) is 30.7. The second kappa shape index (κ2) is 10.1. The van der Waals surface area contributed by atoms with Crippen molar-refractivity contribution in [1.29, 1.82) is 0 Å². The van der Waals surface area contributed by atoms with Crippen molar-refractivity contribution in [3.63, 3.8) is 0 Å². The van der Waals surface area contributed by atoms with Crippen LogP contribution in [0.3, 0.4) is 0 Å². The number of benzene rings is 3. The van der Waals surface area contributed by atoms with Gasteiger partial charge >= 0.3 is 0 Å². The number of likely N-dealkylation sites (N-methyl/N-ethyl adjacent to an activating group) is 1. The van der Waals surface area contributed by atoms with Gasteiger partial charge in [0.25, 0.3) is 5.91 Å². The molecule has 2 amide bonds. The monoisotopic (exact) mass is 454 g/mol. The molecule has 7 heteroatoms. The van der Waals surface area contributed by atoms with Crippen LogP contribution in [-0.4, -0.2) is 42.3 Å². The summed E-state index contributed by atoms with van der Waals surface area (Å²) in [5.41, 5.74) is 2.39. The average Bonchev–Trinajstić information content (AvgIpc) is 2.78. The van der Waals surface area contributed by atoms with Crippen molar-refractivity contribution in [3.05, 3.63) is 90.1 Å². The summed E-state index contributed by atoms with van der Waals surface area (Å²) in [5, 5.41) is 7.56. The van der Waals surface area contributed by atoms with Gasteiger partial charge in [0, 0.05) is 23.5 Å². The number of hydrogen-bond acceptors (Lipinski definition) is 5. The summed E-state index contributed by atoms with van der Waals surface area (Å²) in [5.74, 6) is 1.24. The van der Waals surface area contributed by atoms with Gasteiger partial charge in [-0.05, 0) is 79.8 Å². The average molecular weight is 455 g/mol. The molecular weight excluding hydrogens is 428 g/mol. The maximum absolute atomic E-state index is 12.8. The first-order chi connectivity index (χ1) is 16.4. The molecule has 0 radical (unpaired) electrons. The molecule has 0 aliphatic carbocycles. The Morgan fingerprint density at radius 3 is 2.47 bits per heavy atom. The van der Waals surface area contributed by atoms with Crippen molar-refractivity contribution in [2.75, 3.05) is 31.3 Å². The van der Waals surface area contributed by atoms with Crippen LogP contribution in [0.15, 0.2) is 79.0 Å². The van der Waals surface area contributed by atoms with E-state index in [9.17, 15) is 9.59 Å². The topological polar surface area (TPSA) is 83.6 Å². The molecule has 3 aromatic carbocycles. The van der Waals surface area contributed by atoms with Crippen molar-refractivity contribution in [2.45, 2.75) is 6.92 Å². The Hall–Kier alpha value is -4.23. The number of carbonyl (C=O) groups is 2. The third-order valence-electron chi connectivity index (χ3n) is 5.04. The Labute approximate surface area is 198 Å². The highest BCUT2D eigenvalue weighted by Gasteiger charge is 2.09. The van der Waals surface area contributed by atoms with Crippen molar-refractivity contribution in [3.8, 4) is 11.5 Å². The first-order valence-corrected chi connectivity index (χ1v) is 10.9. The summed E-state index contributed by atoms with van der Waals surface area (Å²) < 4.78 is 6.00. The molecule has 0 fully saturated rings. The summed E-state index contributed by atoms with van der Waals surface area (Å²) in [6.45, 7) is 2.24. The Morgan fingerprint density at radius 2 is 1.68 bits per heavy atom. The summed E-state index contributed by atoms with van der Waals surface area (Å²) in [7, 11) is 3.65. The minimum absolute atomic E-state index is 0.156. The number of aryl methyl sites for hydroxylation is 1. The molecule has 0 aliphatic rings. The highest BCUT2D eigenvalue weighted by molar-refractivity contribution is 6.06. The molecule has 1 aromatic heterocycles. The fraction of sp³-hybridized carbons (Fsp3) is 0.148. The third-order valence-corrected chi connectivity index (χ3v) is 5.04. The first kappa shape index (κ1) is 22.9. The van der Waals surface area contributed by atoms with E-state index in [2.05, 4.69) is 15.6 Å². The SMILES string of the molecule is Cc1cccc(NC(=O)c2ccc3ccc(Oc4ccnc(NC(=O)CN(C)C)c4)cc3c2)c1. The quantitative estimate of drug-likeness (QED) is 0.407. The van der Waals surface area contributed by atoms with Gasteiger partial charge in [-0.3, -0.25) is 9.59 Å². The highest BCUT2D eigenvalue weighted by atomic mass is 16.5. The van der Waals surface area contributed by atoms with Crippen LogP contribution >= 0.6 is 0 Å². The van der Waals surface area contributed by atoms with Crippen LogP contribution in [0, 0.1) is 6.92 Å². The Morgan fingerprint density at radius 1 is 0.882 bits per heavy atom. The number of hydrogen-bond donors (Lipinski definition) is 2. The largest absolute Gasteiger partial charge is 0.457 e. The van der Waals surface area contributed by atoms with Crippen LogP contribution in [-0.2, 0) is 4.79 Å². The lowest BCUT2D eigenvalue weighted by Gasteiger charge is -2.11. The number of anilines is 2. The first-order valence-electron chi connectivity index (χ1n) is 10.9. The zero-order valence-corrected chi connectivity index (χ0v) is 19.3. The molecule has 4 aromatic rings. The van der Waals surface area contributed by atoms with E-state index in [1.54, 1.807) is 29.3 Å². The maximum atomic E-state index is 12.8. The predicted molar refractivity (Wildman–Crippen MR) is 135 cm³/mol. The molecule has 0 saturated heterocycles. The van der Waals surface area contributed by atoms with Crippen LogP contribution in [0.2, 0.25) is 0 Å². The summed E-state index contributed by atoms with van der Waals surface area (Å²) in [6, 6.07) is 22.3. The van der Waals surface area contributed by atoms with Gasteiger partial charge < -0.3 is 20.3 Å². The molecular formula is C27H26N4O3. The second-order valence-electron chi connectivity index (χ2n) is 8.31. The number of ether oxygens (including phenoxy) is 1. The van der Waals surface area contributed by atoms with Crippen molar-refractivity contribution >= 4 is 34.1 Å². The van der Waals surface area contributed by atoms with Crippen LogP contribution in [0.4, 0.5) is 11.5 Å². The van der Waals surface area contributed by atoms with Crippen LogP contribution in [0.5, 0.6) is 11.5 Å². The van der Waals surface area contributed by atoms with Crippen molar-refractivity contribution < 1.29 is 14.3 Å². The van der Waals surface area contributed by atoms with E-state index in [1.165, 1.54) is 0 Å². The number of carbonyl (C=O) groups excluding carboxylic acids is 2. The van der Waals surface area contributed by atoms with E-state index >= 15 is 0 Å². The molecule has 0 aliphatic heterocycles. The molecule has 0 spiro atoms. The smallest absolute Gasteiger partial charge is 0.255 e. The van der Waals surface area contributed by atoms with Crippen LogP contribution in [0.25, 0.3) is 10.8 Å². The fourth-order valence-electron chi connectivity index (χ4n) is 3.50. The molecule has 4 rings (SSSR count). The number of aromatic nitrogens is 1. The minimum atomic E-state index is -0.175. The number of rotatable bonds is 7. The van der Waals surface area contributed by atoms with Crippen molar-refractivity contribution in [2.24, 2.45) is 0 Å². The number of fused-ring (bicyclic) bond motifs is 1. The van der Waals surface area contributed by atoms with Gasteiger partial charge in [-0.15, -0.1) is 0 Å². The zero-order valence-electron chi connectivity index (χ0n) is 19.3. The van der Waals surface area contributed by atoms with Crippen LogP contribution in [0.1, 0.15) is 15.9 Å². The zero-order chi connectivity index (χ0) is 24.1. The lowest BCUT2D eigenvalue weighted by Crippen LogP contribution is -2.27. The van der Waals surface area contributed by atoms with E-state index in [4.69, 9.17) is 4.74 Å². The lowest BCUT2D eigenvalue weighted by atomic mass is 10.1. The van der Waals surface area contributed by atoms with Crippen molar-refractivity contribution in [1.82, 2.24) is 9.88 Å². The molecule has 172 valence electrons.